The first-order valence-electron chi connectivity index (χ1n) is 7.48. The number of ether oxygens (including phenoxy) is 1. The van der Waals surface area contributed by atoms with E-state index in [-0.39, 0.29) is 18.0 Å². The number of non-ortho nitro benzene ring substituents is 1. The minimum absolute atomic E-state index is 0.0185. The smallest absolute Gasteiger partial charge is 0.312 e. The number of benzene rings is 1. The Bertz CT molecular complexity index is 581. The molecule has 1 aromatic rings. The monoisotopic (exact) mass is 322 g/mol. The minimum Gasteiger partial charge on any atom is -0.469 e. The highest BCUT2D eigenvalue weighted by Gasteiger charge is 2.34. The Labute approximate surface area is 133 Å². The van der Waals surface area contributed by atoms with Gasteiger partial charge in [0, 0.05) is 30.7 Å². The number of methoxy groups -OCH3 is 1. The van der Waals surface area contributed by atoms with Crippen LogP contribution in [0.1, 0.15) is 19.3 Å². The highest BCUT2D eigenvalue weighted by Crippen LogP contribution is 2.15. The zero-order chi connectivity index (χ0) is 16.8. The number of rotatable bonds is 6. The number of hydrogen-bond donors (Lipinski definition) is 2. The molecule has 124 valence electrons. The Balaban J connectivity index is 2.06. The van der Waals surface area contributed by atoms with Crippen LogP contribution in [0.25, 0.3) is 0 Å². The van der Waals surface area contributed by atoms with Crippen molar-refractivity contribution in [2.24, 2.45) is 0 Å². The molecule has 23 heavy (non-hydrogen) atoms. The fourth-order valence-corrected chi connectivity index (χ4v) is 2.75. The first-order chi connectivity index (χ1) is 11.0. The molecule has 8 nitrogen and oxygen atoms in total. The lowest BCUT2D eigenvalue weighted by Gasteiger charge is -2.22. The molecule has 0 unspecified atom stereocenters. The highest BCUT2D eigenvalue weighted by molar-refractivity contribution is 5.96. The molecule has 2 rings (SSSR count). The van der Waals surface area contributed by atoms with Crippen LogP contribution in [0.3, 0.4) is 0 Å². The molecule has 0 spiro atoms. The molecule has 1 aromatic carbocycles. The predicted molar refractivity (Wildman–Crippen MR) is 82.1 cm³/mol. The summed E-state index contributed by atoms with van der Waals surface area (Å²) in [6, 6.07) is 5.09. The van der Waals surface area contributed by atoms with Crippen LogP contribution in [0.5, 0.6) is 0 Å². The van der Waals surface area contributed by atoms with E-state index in [2.05, 4.69) is 10.1 Å². The molecule has 2 N–H and O–H groups in total. The van der Waals surface area contributed by atoms with Gasteiger partial charge in [0.05, 0.1) is 25.1 Å². The van der Waals surface area contributed by atoms with Gasteiger partial charge < -0.3 is 15.0 Å². The molecule has 1 saturated heterocycles. The second-order valence-electron chi connectivity index (χ2n) is 5.49. The predicted octanol–water partition coefficient (Wildman–Crippen LogP) is 0.144. The molecule has 0 bridgehead atoms. The van der Waals surface area contributed by atoms with Gasteiger partial charge in [0.15, 0.2) is 6.04 Å². The molecule has 1 amide bonds. The maximum atomic E-state index is 12.5. The van der Waals surface area contributed by atoms with Gasteiger partial charge in [-0.3, -0.25) is 19.7 Å². The van der Waals surface area contributed by atoms with E-state index in [1.54, 1.807) is 0 Å². The number of quaternary nitrogens is 1. The van der Waals surface area contributed by atoms with Crippen LogP contribution in [0, 0.1) is 10.1 Å². The van der Waals surface area contributed by atoms with Crippen LogP contribution in [-0.2, 0) is 14.3 Å². The molecule has 0 saturated carbocycles. The largest absolute Gasteiger partial charge is 0.469 e. The van der Waals surface area contributed by atoms with Gasteiger partial charge in [-0.05, 0) is 12.1 Å². The molecule has 1 aliphatic heterocycles. The number of esters is 1. The van der Waals surface area contributed by atoms with Crippen LogP contribution in [0.2, 0.25) is 0 Å². The molecule has 1 heterocycles. The number of hydrogen-bond acceptors (Lipinski definition) is 5. The fourth-order valence-electron chi connectivity index (χ4n) is 2.75. The number of nitro benzene ring substituents is 1. The number of nitrogens with one attached hydrogen (secondary N) is 2. The quantitative estimate of drug-likeness (QED) is 0.441. The molecule has 8 heteroatoms. The van der Waals surface area contributed by atoms with Gasteiger partial charge in [-0.2, -0.15) is 0 Å². The summed E-state index contributed by atoms with van der Waals surface area (Å²) in [4.78, 5) is 35.3. The Morgan fingerprint density at radius 1 is 1.30 bits per heavy atom. The van der Waals surface area contributed by atoms with Crippen LogP contribution in [0.4, 0.5) is 11.4 Å². The van der Waals surface area contributed by atoms with Crippen molar-refractivity contribution in [3.8, 4) is 0 Å². The summed E-state index contributed by atoms with van der Waals surface area (Å²) in [7, 11) is 1.30. The number of nitro groups is 1. The normalized spacial score (nSPS) is 15.9. The van der Waals surface area contributed by atoms with Crippen molar-refractivity contribution >= 4 is 23.3 Å². The SMILES string of the molecule is COC(=O)C[C@H](C(=O)Nc1ccc([N+](=O)[O-])cc1)[NH+]1CCCC1. The van der Waals surface area contributed by atoms with Gasteiger partial charge in [-0.15, -0.1) is 0 Å². The summed E-state index contributed by atoms with van der Waals surface area (Å²) in [5, 5.41) is 13.4. The van der Waals surface area contributed by atoms with Gasteiger partial charge in [0.2, 0.25) is 0 Å². The van der Waals surface area contributed by atoms with E-state index in [1.807, 2.05) is 0 Å². The molecule has 0 aliphatic carbocycles. The van der Waals surface area contributed by atoms with Crippen molar-refractivity contribution < 1.29 is 24.1 Å². The lowest BCUT2D eigenvalue weighted by atomic mass is 10.1. The van der Waals surface area contributed by atoms with E-state index >= 15 is 0 Å². The van der Waals surface area contributed by atoms with Gasteiger partial charge >= 0.3 is 5.97 Å². The van der Waals surface area contributed by atoms with E-state index < -0.39 is 16.9 Å². The number of carbonyl (C=O) groups excluding carboxylic acids is 2. The first-order valence-corrected chi connectivity index (χ1v) is 7.48. The Hall–Kier alpha value is -2.48. The van der Waals surface area contributed by atoms with Crippen LogP contribution < -0.4 is 10.2 Å². The third-order valence-corrected chi connectivity index (χ3v) is 4.00. The molecule has 1 aliphatic rings. The van der Waals surface area contributed by atoms with E-state index in [0.717, 1.165) is 30.8 Å². The minimum atomic E-state index is -0.514. The maximum absolute atomic E-state index is 12.5. The summed E-state index contributed by atoms with van der Waals surface area (Å²) >= 11 is 0. The molecule has 0 aromatic heterocycles. The van der Waals surface area contributed by atoms with E-state index in [4.69, 9.17) is 0 Å². The number of nitrogens with zero attached hydrogens (tertiary/aromatic N) is 1. The van der Waals surface area contributed by atoms with Crippen molar-refractivity contribution in [3.05, 3.63) is 34.4 Å². The van der Waals surface area contributed by atoms with Crippen LogP contribution in [0.15, 0.2) is 24.3 Å². The summed E-state index contributed by atoms with van der Waals surface area (Å²) < 4.78 is 4.68. The van der Waals surface area contributed by atoms with E-state index in [9.17, 15) is 19.7 Å². The van der Waals surface area contributed by atoms with Gasteiger partial charge in [0.25, 0.3) is 11.6 Å². The Morgan fingerprint density at radius 2 is 1.91 bits per heavy atom. The Morgan fingerprint density at radius 3 is 2.43 bits per heavy atom. The summed E-state index contributed by atoms with van der Waals surface area (Å²) in [6.07, 6.45) is 2.07. The van der Waals surface area contributed by atoms with E-state index in [0.29, 0.717) is 5.69 Å². The lowest BCUT2D eigenvalue weighted by molar-refractivity contribution is -0.903. The summed E-state index contributed by atoms with van der Waals surface area (Å²) in [5.74, 6) is -0.700. The third kappa shape index (κ3) is 4.49. The first kappa shape index (κ1) is 16.9. The number of amides is 1. The highest BCUT2D eigenvalue weighted by atomic mass is 16.6. The number of likely N-dealkylation sites (tertiary alicyclic amines) is 1. The Kier molecular flexibility index (Phi) is 5.64. The van der Waals surface area contributed by atoms with Gasteiger partial charge in [-0.25, -0.2) is 0 Å². The number of carbonyl (C=O) groups is 2. The zero-order valence-corrected chi connectivity index (χ0v) is 12.9. The molecular weight excluding hydrogens is 302 g/mol. The average molecular weight is 322 g/mol. The maximum Gasteiger partial charge on any atom is 0.312 e. The average Bonchev–Trinajstić information content (AvgIpc) is 3.06. The zero-order valence-electron chi connectivity index (χ0n) is 12.9. The second-order valence-corrected chi connectivity index (χ2v) is 5.49. The lowest BCUT2D eigenvalue weighted by Crippen LogP contribution is -3.15. The van der Waals surface area contributed by atoms with Crippen LogP contribution in [-0.4, -0.2) is 43.0 Å². The van der Waals surface area contributed by atoms with Crippen molar-refractivity contribution in [2.75, 3.05) is 25.5 Å². The molecule has 1 atom stereocenters. The second kappa shape index (κ2) is 7.68. The summed E-state index contributed by atoms with van der Waals surface area (Å²) in [6.45, 7) is 1.69. The molecule has 0 radical (unpaired) electrons. The van der Waals surface area contributed by atoms with Crippen molar-refractivity contribution in [3.63, 3.8) is 0 Å². The number of anilines is 1. The third-order valence-electron chi connectivity index (χ3n) is 4.00. The van der Waals surface area contributed by atoms with Gasteiger partial charge in [0.1, 0.15) is 6.42 Å². The summed E-state index contributed by atoms with van der Waals surface area (Å²) in [5.41, 5.74) is 0.424. The van der Waals surface area contributed by atoms with Crippen molar-refractivity contribution in [1.82, 2.24) is 0 Å². The van der Waals surface area contributed by atoms with Crippen molar-refractivity contribution in [1.29, 1.82) is 0 Å². The van der Waals surface area contributed by atoms with Gasteiger partial charge in [-0.1, -0.05) is 0 Å². The standard InChI is InChI=1S/C15H19N3O5/c1-23-14(19)10-13(17-8-2-3-9-17)15(20)16-11-4-6-12(7-5-11)18(21)22/h4-7,13H,2-3,8-10H2,1H3,(H,16,20)/p+1/t13-/m1/s1. The molecular formula is C15H20N3O5+. The van der Waals surface area contributed by atoms with Crippen LogP contribution >= 0.6 is 0 Å². The van der Waals surface area contributed by atoms with E-state index in [1.165, 1.54) is 31.4 Å². The molecule has 1 fully saturated rings. The topological polar surface area (TPSA) is 103 Å². The fraction of sp³-hybridized carbons (Fsp3) is 0.467. The van der Waals surface area contributed by atoms with Crippen molar-refractivity contribution in [2.45, 2.75) is 25.3 Å².